The van der Waals surface area contributed by atoms with Crippen molar-refractivity contribution in [3.8, 4) is 5.75 Å². The number of rotatable bonds is 0. The van der Waals surface area contributed by atoms with Crippen molar-refractivity contribution in [2.75, 3.05) is 5.73 Å². The maximum atomic E-state index is 9.72. The van der Waals surface area contributed by atoms with Crippen LogP contribution in [0.15, 0.2) is 24.3 Å². The first kappa shape index (κ1) is 10.0. The Bertz CT molecular complexity index is 679. The molecule has 0 aliphatic heterocycles. The number of hydrogen-bond acceptors (Lipinski definition) is 2. The first-order valence-corrected chi connectivity index (χ1v) is 5.58. The standard InChI is InChI=1S/C14H14N2O/c1-7-11(15)5-3-9-10-4-6-12(17)8(2)14(10)16-13(7)9/h3-6,16-17H,15H2,1-2H3. The second-order valence-corrected chi connectivity index (χ2v) is 4.46. The van der Waals surface area contributed by atoms with Crippen molar-refractivity contribution in [1.82, 2.24) is 4.98 Å². The number of nitrogens with one attached hydrogen (secondary N) is 1. The molecule has 17 heavy (non-hydrogen) atoms. The van der Waals surface area contributed by atoms with Gasteiger partial charge in [-0.15, -0.1) is 0 Å². The third-order valence-electron chi connectivity index (χ3n) is 3.48. The van der Waals surface area contributed by atoms with Crippen LogP contribution in [-0.2, 0) is 0 Å². The largest absolute Gasteiger partial charge is 0.508 e. The number of H-pyrrole nitrogens is 1. The number of benzene rings is 2. The summed E-state index contributed by atoms with van der Waals surface area (Å²) in [5.41, 5.74) is 10.6. The molecule has 0 atom stereocenters. The molecule has 0 fully saturated rings. The molecule has 0 aliphatic rings. The predicted octanol–water partition coefficient (Wildman–Crippen LogP) is 3.23. The highest BCUT2D eigenvalue weighted by atomic mass is 16.3. The van der Waals surface area contributed by atoms with E-state index in [4.69, 9.17) is 5.73 Å². The average molecular weight is 226 g/mol. The highest BCUT2D eigenvalue weighted by Gasteiger charge is 2.11. The van der Waals surface area contributed by atoms with E-state index in [9.17, 15) is 5.11 Å². The van der Waals surface area contributed by atoms with Gasteiger partial charge in [0.2, 0.25) is 0 Å². The number of aromatic nitrogens is 1. The Balaban J connectivity index is 2.58. The Hall–Kier alpha value is -2.16. The topological polar surface area (TPSA) is 62.0 Å². The summed E-state index contributed by atoms with van der Waals surface area (Å²) in [6.07, 6.45) is 0. The number of phenols is 1. The van der Waals surface area contributed by atoms with Crippen LogP contribution >= 0.6 is 0 Å². The van der Waals surface area contributed by atoms with Crippen LogP contribution in [0.5, 0.6) is 5.75 Å². The molecule has 4 N–H and O–H groups in total. The monoisotopic (exact) mass is 226 g/mol. The van der Waals surface area contributed by atoms with Crippen LogP contribution in [0.3, 0.4) is 0 Å². The lowest BCUT2D eigenvalue weighted by molar-refractivity contribution is 0.472. The van der Waals surface area contributed by atoms with Gasteiger partial charge in [0.05, 0.1) is 11.0 Å². The summed E-state index contributed by atoms with van der Waals surface area (Å²) in [5.74, 6) is 0.315. The fourth-order valence-corrected chi connectivity index (χ4v) is 2.32. The van der Waals surface area contributed by atoms with Crippen molar-refractivity contribution in [1.29, 1.82) is 0 Å². The molecule has 0 unspecified atom stereocenters. The summed E-state index contributed by atoms with van der Waals surface area (Å²) in [6, 6.07) is 7.61. The number of aromatic amines is 1. The summed E-state index contributed by atoms with van der Waals surface area (Å²) in [7, 11) is 0. The number of aromatic hydroxyl groups is 1. The van der Waals surface area contributed by atoms with Crippen LogP contribution in [-0.4, -0.2) is 10.1 Å². The first-order valence-electron chi connectivity index (χ1n) is 5.58. The Morgan fingerprint density at radius 1 is 0.941 bits per heavy atom. The van der Waals surface area contributed by atoms with Gasteiger partial charge in [-0.05, 0) is 37.6 Å². The number of phenolic OH excluding ortho intramolecular Hbond substituents is 1. The molecule has 2 aromatic carbocycles. The van der Waals surface area contributed by atoms with Crippen molar-refractivity contribution < 1.29 is 5.11 Å². The van der Waals surface area contributed by atoms with Crippen LogP contribution < -0.4 is 5.73 Å². The Labute approximate surface area is 98.9 Å². The van der Waals surface area contributed by atoms with Crippen LogP contribution in [0.4, 0.5) is 5.69 Å². The van der Waals surface area contributed by atoms with Gasteiger partial charge in [-0.1, -0.05) is 6.07 Å². The Morgan fingerprint density at radius 3 is 2.24 bits per heavy atom. The van der Waals surface area contributed by atoms with E-state index >= 15 is 0 Å². The minimum absolute atomic E-state index is 0.315. The van der Waals surface area contributed by atoms with Crippen LogP contribution in [0, 0.1) is 13.8 Å². The van der Waals surface area contributed by atoms with Crippen molar-refractivity contribution in [3.63, 3.8) is 0 Å². The lowest BCUT2D eigenvalue weighted by Gasteiger charge is -2.00. The molecule has 86 valence electrons. The van der Waals surface area contributed by atoms with E-state index in [-0.39, 0.29) is 0 Å². The molecule has 0 saturated carbocycles. The molecule has 3 heteroatoms. The lowest BCUT2D eigenvalue weighted by Crippen LogP contribution is -1.89. The summed E-state index contributed by atoms with van der Waals surface area (Å²) < 4.78 is 0. The number of nitrogen functional groups attached to an aromatic ring is 1. The summed E-state index contributed by atoms with van der Waals surface area (Å²) >= 11 is 0. The normalized spacial score (nSPS) is 11.4. The number of anilines is 1. The fourth-order valence-electron chi connectivity index (χ4n) is 2.32. The SMILES string of the molecule is Cc1c(N)ccc2c1[nH]c1c(C)c(O)ccc12. The molecule has 0 bridgehead atoms. The van der Waals surface area contributed by atoms with Gasteiger partial charge in [-0.2, -0.15) is 0 Å². The van der Waals surface area contributed by atoms with E-state index < -0.39 is 0 Å². The Morgan fingerprint density at radius 2 is 1.53 bits per heavy atom. The van der Waals surface area contributed by atoms with E-state index in [2.05, 4.69) is 4.98 Å². The van der Waals surface area contributed by atoms with Crippen LogP contribution in [0.2, 0.25) is 0 Å². The Kier molecular flexibility index (Phi) is 1.87. The highest BCUT2D eigenvalue weighted by molar-refractivity contribution is 6.10. The molecule has 3 rings (SSSR count). The van der Waals surface area contributed by atoms with E-state index in [0.29, 0.717) is 5.75 Å². The predicted molar refractivity (Wildman–Crippen MR) is 71.4 cm³/mol. The van der Waals surface area contributed by atoms with Crippen molar-refractivity contribution in [2.24, 2.45) is 0 Å². The maximum Gasteiger partial charge on any atom is 0.120 e. The number of nitrogens with two attached hydrogens (primary N) is 1. The minimum atomic E-state index is 0.315. The summed E-state index contributed by atoms with van der Waals surface area (Å²) in [6.45, 7) is 3.91. The molecule has 0 aliphatic carbocycles. The van der Waals surface area contributed by atoms with Crippen molar-refractivity contribution >= 4 is 27.5 Å². The molecular formula is C14H14N2O. The molecule has 0 radical (unpaired) electrons. The number of aryl methyl sites for hydroxylation is 2. The molecule has 0 saturated heterocycles. The van der Waals surface area contributed by atoms with Crippen molar-refractivity contribution in [3.05, 3.63) is 35.4 Å². The zero-order valence-corrected chi connectivity index (χ0v) is 9.83. The minimum Gasteiger partial charge on any atom is -0.508 e. The van der Waals surface area contributed by atoms with Crippen LogP contribution in [0.25, 0.3) is 21.8 Å². The zero-order valence-electron chi connectivity index (χ0n) is 9.83. The quantitative estimate of drug-likeness (QED) is 0.515. The van der Waals surface area contributed by atoms with Gasteiger partial charge in [-0.3, -0.25) is 0 Å². The smallest absolute Gasteiger partial charge is 0.120 e. The third kappa shape index (κ3) is 1.22. The van der Waals surface area contributed by atoms with E-state index in [1.54, 1.807) is 6.07 Å². The molecule has 1 aromatic heterocycles. The van der Waals surface area contributed by atoms with Crippen LogP contribution in [0.1, 0.15) is 11.1 Å². The molecule has 0 spiro atoms. The third-order valence-corrected chi connectivity index (χ3v) is 3.48. The fraction of sp³-hybridized carbons (Fsp3) is 0.143. The van der Waals surface area contributed by atoms with Gasteiger partial charge < -0.3 is 15.8 Å². The average Bonchev–Trinajstić information content (AvgIpc) is 2.69. The van der Waals surface area contributed by atoms with E-state index in [0.717, 1.165) is 38.6 Å². The maximum absolute atomic E-state index is 9.72. The molecule has 3 nitrogen and oxygen atoms in total. The van der Waals surface area contributed by atoms with Gasteiger partial charge in [0, 0.05) is 22.0 Å². The molecular weight excluding hydrogens is 212 g/mol. The van der Waals surface area contributed by atoms with E-state index in [1.165, 1.54) is 0 Å². The highest BCUT2D eigenvalue weighted by Crippen LogP contribution is 2.34. The van der Waals surface area contributed by atoms with Gasteiger partial charge in [-0.25, -0.2) is 0 Å². The summed E-state index contributed by atoms with van der Waals surface area (Å²) in [4.78, 5) is 3.36. The molecule has 0 amide bonds. The van der Waals surface area contributed by atoms with Gasteiger partial charge in [0.15, 0.2) is 0 Å². The number of fused-ring (bicyclic) bond motifs is 3. The van der Waals surface area contributed by atoms with E-state index in [1.807, 2.05) is 32.0 Å². The molecule has 3 aromatic rings. The zero-order chi connectivity index (χ0) is 12.2. The lowest BCUT2D eigenvalue weighted by atomic mass is 10.1. The molecule has 1 heterocycles. The van der Waals surface area contributed by atoms with Gasteiger partial charge in [0.25, 0.3) is 0 Å². The van der Waals surface area contributed by atoms with Gasteiger partial charge in [0.1, 0.15) is 5.75 Å². The number of hydrogen-bond donors (Lipinski definition) is 3. The van der Waals surface area contributed by atoms with Gasteiger partial charge >= 0.3 is 0 Å². The summed E-state index contributed by atoms with van der Waals surface area (Å²) in [5, 5.41) is 12.0. The first-order chi connectivity index (χ1) is 8.09. The second kappa shape index (κ2) is 3.17. The van der Waals surface area contributed by atoms with Crippen molar-refractivity contribution in [2.45, 2.75) is 13.8 Å². The second-order valence-electron chi connectivity index (χ2n) is 4.46.